The van der Waals surface area contributed by atoms with Gasteiger partial charge in [0.1, 0.15) is 6.61 Å². The summed E-state index contributed by atoms with van der Waals surface area (Å²) in [6, 6.07) is 0. The highest BCUT2D eigenvalue weighted by molar-refractivity contribution is 5.70. The fourth-order valence-electron chi connectivity index (χ4n) is 1.46. The fraction of sp³-hybridized carbons (Fsp3) is 0.545. The van der Waals surface area contributed by atoms with Crippen molar-refractivity contribution in [3.05, 3.63) is 24.8 Å². The van der Waals surface area contributed by atoms with Crippen molar-refractivity contribution in [1.82, 2.24) is 0 Å². The minimum atomic E-state index is -0.338. The summed E-state index contributed by atoms with van der Waals surface area (Å²) in [5.74, 6) is 0.0201. The van der Waals surface area contributed by atoms with E-state index in [-0.39, 0.29) is 24.6 Å². The van der Waals surface area contributed by atoms with Crippen molar-refractivity contribution >= 4 is 5.97 Å². The summed E-state index contributed by atoms with van der Waals surface area (Å²) in [4.78, 5) is 11.2. The van der Waals surface area contributed by atoms with E-state index in [4.69, 9.17) is 4.74 Å². The van der Waals surface area contributed by atoms with Gasteiger partial charge in [0.15, 0.2) is 0 Å². The summed E-state index contributed by atoms with van der Waals surface area (Å²) in [5.41, 5.74) is 0. The third kappa shape index (κ3) is 3.75. The first-order valence-electron chi connectivity index (χ1n) is 4.85. The predicted molar refractivity (Wildman–Crippen MR) is 53.6 cm³/mol. The molecular weight excluding hydrogens is 180 g/mol. The molecule has 0 saturated carbocycles. The maximum Gasteiger partial charge on any atom is 0.306 e. The van der Waals surface area contributed by atoms with Gasteiger partial charge in [-0.25, -0.2) is 0 Å². The molecule has 1 N–H and O–H groups in total. The average molecular weight is 196 g/mol. The van der Waals surface area contributed by atoms with E-state index in [9.17, 15) is 9.90 Å². The van der Waals surface area contributed by atoms with Gasteiger partial charge in [0.05, 0.1) is 12.5 Å². The average Bonchev–Trinajstić information content (AvgIpc) is 2.18. The molecule has 1 aliphatic carbocycles. The van der Waals surface area contributed by atoms with Crippen LogP contribution >= 0.6 is 0 Å². The van der Waals surface area contributed by atoms with Crippen LogP contribution in [0.4, 0.5) is 0 Å². The number of carbonyl (C=O) groups excluding carboxylic acids is 1. The molecule has 0 saturated heterocycles. The van der Waals surface area contributed by atoms with Gasteiger partial charge in [0.2, 0.25) is 0 Å². The number of carbonyl (C=O) groups is 1. The molecule has 1 rings (SSSR count). The number of aliphatic hydroxyl groups is 1. The number of hydrogen-bond acceptors (Lipinski definition) is 3. The first-order valence-corrected chi connectivity index (χ1v) is 4.85. The molecule has 0 aromatic heterocycles. The first kappa shape index (κ1) is 11.0. The number of ether oxygens (including phenoxy) is 1. The van der Waals surface area contributed by atoms with Gasteiger partial charge in [0, 0.05) is 0 Å². The van der Waals surface area contributed by atoms with Gasteiger partial charge in [-0.3, -0.25) is 4.79 Å². The Morgan fingerprint density at radius 1 is 1.57 bits per heavy atom. The Balaban J connectivity index is 2.27. The zero-order valence-electron chi connectivity index (χ0n) is 8.19. The smallest absolute Gasteiger partial charge is 0.306 e. The third-order valence-corrected chi connectivity index (χ3v) is 2.23. The van der Waals surface area contributed by atoms with Crippen LogP contribution in [-0.4, -0.2) is 23.8 Å². The van der Waals surface area contributed by atoms with Gasteiger partial charge in [-0.05, 0) is 18.8 Å². The van der Waals surface area contributed by atoms with E-state index in [1.807, 2.05) is 6.08 Å². The van der Waals surface area contributed by atoms with E-state index >= 15 is 0 Å². The molecule has 3 nitrogen and oxygen atoms in total. The fourth-order valence-corrected chi connectivity index (χ4v) is 1.46. The standard InChI is InChI=1S/C11H16O3/c1-2-7-14-11(13)8-9-3-5-10(12)6-4-9/h2-3,5,9-10,12H,1,4,6-8H2. The van der Waals surface area contributed by atoms with Gasteiger partial charge in [-0.2, -0.15) is 0 Å². The molecule has 0 radical (unpaired) electrons. The molecule has 2 unspecified atom stereocenters. The number of hydrogen-bond donors (Lipinski definition) is 1. The van der Waals surface area contributed by atoms with Crippen molar-refractivity contribution in [2.45, 2.75) is 25.4 Å². The van der Waals surface area contributed by atoms with Gasteiger partial charge in [-0.15, -0.1) is 0 Å². The molecule has 0 heterocycles. The Hall–Kier alpha value is -1.09. The summed E-state index contributed by atoms with van der Waals surface area (Å²) in [5, 5.41) is 9.19. The van der Waals surface area contributed by atoms with Crippen molar-refractivity contribution in [2.24, 2.45) is 5.92 Å². The van der Waals surface area contributed by atoms with Crippen LogP contribution in [0.1, 0.15) is 19.3 Å². The summed E-state index contributed by atoms with van der Waals surface area (Å²) >= 11 is 0. The van der Waals surface area contributed by atoms with Crippen LogP contribution in [0, 0.1) is 5.92 Å². The van der Waals surface area contributed by atoms with Crippen molar-refractivity contribution in [2.75, 3.05) is 6.61 Å². The predicted octanol–water partition coefficient (Wildman–Crippen LogP) is 1.43. The molecule has 14 heavy (non-hydrogen) atoms. The molecule has 3 heteroatoms. The zero-order chi connectivity index (χ0) is 10.4. The molecule has 0 spiro atoms. The van der Waals surface area contributed by atoms with Crippen LogP contribution in [0.5, 0.6) is 0 Å². The van der Waals surface area contributed by atoms with E-state index in [1.54, 1.807) is 12.2 Å². The normalized spacial score (nSPS) is 25.8. The second-order valence-electron chi connectivity index (χ2n) is 3.47. The first-order chi connectivity index (χ1) is 6.72. The second-order valence-corrected chi connectivity index (χ2v) is 3.47. The van der Waals surface area contributed by atoms with Gasteiger partial charge in [-0.1, -0.05) is 24.8 Å². The molecule has 0 bridgehead atoms. The van der Waals surface area contributed by atoms with Crippen LogP contribution in [0.3, 0.4) is 0 Å². The highest BCUT2D eigenvalue weighted by atomic mass is 16.5. The highest BCUT2D eigenvalue weighted by Crippen LogP contribution is 2.20. The number of rotatable bonds is 4. The van der Waals surface area contributed by atoms with Crippen molar-refractivity contribution in [3.8, 4) is 0 Å². The lowest BCUT2D eigenvalue weighted by Gasteiger charge is -2.18. The van der Waals surface area contributed by atoms with Crippen LogP contribution in [0.15, 0.2) is 24.8 Å². The number of allylic oxidation sites excluding steroid dienone is 1. The van der Waals surface area contributed by atoms with Crippen LogP contribution in [0.2, 0.25) is 0 Å². The molecule has 0 aromatic rings. The van der Waals surface area contributed by atoms with Crippen LogP contribution in [0.25, 0.3) is 0 Å². The van der Waals surface area contributed by atoms with Gasteiger partial charge in [0.25, 0.3) is 0 Å². The van der Waals surface area contributed by atoms with E-state index in [0.717, 1.165) is 12.8 Å². The lowest BCUT2D eigenvalue weighted by molar-refractivity contribution is -0.143. The van der Waals surface area contributed by atoms with E-state index in [2.05, 4.69) is 6.58 Å². The highest BCUT2D eigenvalue weighted by Gasteiger charge is 2.17. The Morgan fingerprint density at radius 3 is 2.93 bits per heavy atom. The molecule has 78 valence electrons. The molecule has 2 atom stereocenters. The maximum absolute atomic E-state index is 11.2. The lowest BCUT2D eigenvalue weighted by Crippen LogP contribution is -2.16. The molecule has 0 fully saturated rings. The molecule has 0 aliphatic heterocycles. The number of esters is 1. The van der Waals surface area contributed by atoms with Crippen molar-refractivity contribution in [3.63, 3.8) is 0 Å². The SMILES string of the molecule is C=CCOC(=O)CC1C=CC(O)CC1. The molecule has 0 aromatic carbocycles. The number of aliphatic hydroxyl groups excluding tert-OH is 1. The Bertz CT molecular complexity index is 233. The lowest BCUT2D eigenvalue weighted by atomic mass is 9.92. The largest absolute Gasteiger partial charge is 0.461 e. The van der Waals surface area contributed by atoms with Crippen molar-refractivity contribution in [1.29, 1.82) is 0 Å². The van der Waals surface area contributed by atoms with Crippen LogP contribution < -0.4 is 0 Å². The third-order valence-electron chi connectivity index (χ3n) is 2.23. The van der Waals surface area contributed by atoms with Crippen molar-refractivity contribution < 1.29 is 14.6 Å². The Labute approximate surface area is 84.1 Å². The second kappa shape index (κ2) is 5.60. The van der Waals surface area contributed by atoms with Gasteiger partial charge >= 0.3 is 5.97 Å². The molecular formula is C11H16O3. The zero-order valence-corrected chi connectivity index (χ0v) is 8.19. The van der Waals surface area contributed by atoms with E-state index < -0.39 is 0 Å². The monoisotopic (exact) mass is 196 g/mol. The molecule has 0 amide bonds. The quantitative estimate of drug-likeness (QED) is 0.546. The maximum atomic E-state index is 11.2. The van der Waals surface area contributed by atoms with Gasteiger partial charge < -0.3 is 9.84 Å². The Morgan fingerprint density at radius 2 is 2.36 bits per heavy atom. The topological polar surface area (TPSA) is 46.5 Å². The summed E-state index contributed by atoms with van der Waals surface area (Å²) in [7, 11) is 0. The summed E-state index contributed by atoms with van der Waals surface area (Å²) < 4.78 is 4.87. The summed E-state index contributed by atoms with van der Waals surface area (Å²) in [6.07, 6.45) is 6.83. The minimum absolute atomic E-state index is 0.198. The Kier molecular flexibility index (Phi) is 4.40. The minimum Gasteiger partial charge on any atom is -0.461 e. The van der Waals surface area contributed by atoms with E-state index in [1.165, 1.54) is 0 Å². The molecule has 1 aliphatic rings. The van der Waals surface area contributed by atoms with Crippen LogP contribution in [-0.2, 0) is 9.53 Å². The summed E-state index contributed by atoms with van der Waals surface area (Å²) in [6.45, 7) is 3.74. The van der Waals surface area contributed by atoms with E-state index in [0.29, 0.717) is 6.42 Å².